The smallest absolute Gasteiger partial charge is 0.332 e. The van der Waals surface area contributed by atoms with E-state index in [0.29, 0.717) is 12.6 Å². The Balaban J connectivity index is 2.19. The zero-order valence-corrected chi connectivity index (χ0v) is 8.75. The van der Waals surface area contributed by atoms with Gasteiger partial charge in [0.05, 0.1) is 0 Å². The largest absolute Gasteiger partial charge is 0.478 e. The lowest BCUT2D eigenvalue weighted by Gasteiger charge is -2.26. The average molecular weight is 197 g/mol. The molecule has 0 aromatic heterocycles. The van der Waals surface area contributed by atoms with E-state index in [1.165, 1.54) is 12.8 Å². The van der Waals surface area contributed by atoms with Gasteiger partial charge in [-0.2, -0.15) is 0 Å². The lowest BCUT2D eigenvalue weighted by Crippen LogP contribution is -2.34. The minimum absolute atomic E-state index is 0.253. The van der Waals surface area contributed by atoms with Gasteiger partial charge in [-0.1, -0.05) is 13.5 Å². The fraction of sp³-hybridized carbons (Fsp3) is 0.727. The Bertz CT molecular complexity index is 217. The number of carboxylic acid groups (broad SMARTS) is 1. The minimum atomic E-state index is -0.901. The van der Waals surface area contributed by atoms with Crippen LogP contribution in [-0.4, -0.2) is 23.7 Å². The normalized spacial score (nSPS) is 27.2. The van der Waals surface area contributed by atoms with Crippen LogP contribution in [0.3, 0.4) is 0 Å². The summed E-state index contributed by atoms with van der Waals surface area (Å²) in [6.07, 6.45) is 4.82. The fourth-order valence-electron chi connectivity index (χ4n) is 1.81. The second kappa shape index (κ2) is 5.15. The number of rotatable bonds is 4. The predicted molar refractivity (Wildman–Crippen MR) is 56.2 cm³/mol. The lowest BCUT2D eigenvalue weighted by atomic mass is 9.87. The second-order valence-corrected chi connectivity index (χ2v) is 4.25. The molecule has 0 bridgehead atoms. The van der Waals surface area contributed by atoms with Crippen molar-refractivity contribution in [2.24, 2.45) is 5.92 Å². The van der Waals surface area contributed by atoms with E-state index in [1.54, 1.807) is 0 Å². The van der Waals surface area contributed by atoms with Crippen LogP contribution in [0.4, 0.5) is 0 Å². The molecule has 1 fully saturated rings. The molecule has 0 saturated heterocycles. The Labute approximate surface area is 85.2 Å². The summed E-state index contributed by atoms with van der Waals surface area (Å²) in [7, 11) is 0. The van der Waals surface area contributed by atoms with E-state index in [-0.39, 0.29) is 5.57 Å². The van der Waals surface area contributed by atoms with Crippen LogP contribution in [0.1, 0.15) is 32.6 Å². The molecular weight excluding hydrogens is 178 g/mol. The van der Waals surface area contributed by atoms with Gasteiger partial charge in [0.1, 0.15) is 0 Å². The van der Waals surface area contributed by atoms with Crippen LogP contribution in [0.15, 0.2) is 12.2 Å². The van der Waals surface area contributed by atoms with Crippen molar-refractivity contribution in [1.29, 1.82) is 0 Å². The summed E-state index contributed by atoms with van der Waals surface area (Å²) >= 11 is 0. The number of nitrogens with one attached hydrogen (secondary N) is 1. The summed E-state index contributed by atoms with van der Waals surface area (Å²) in [6.45, 7) is 6.17. The quantitative estimate of drug-likeness (QED) is 0.676. The summed E-state index contributed by atoms with van der Waals surface area (Å²) in [4.78, 5) is 10.5. The van der Waals surface area contributed by atoms with Crippen molar-refractivity contribution in [3.05, 3.63) is 12.2 Å². The Morgan fingerprint density at radius 1 is 1.43 bits per heavy atom. The zero-order chi connectivity index (χ0) is 10.6. The fourth-order valence-corrected chi connectivity index (χ4v) is 1.81. The molecule has 3 heteroatoms. The highest BCUT2D eigenvalue weighted by atomic mass is 16.4. The molecule has 1 rings (SSSR count). The first-order valence-corrected chi connectivity index (χ1v) is 5.24. The molecule has 1 saturated carbocycles. The van der Waals surface area contributed by atoms with Crippen molar-refractivity contribution in [3.8, 4) is 0 Å². The SMILES string of the molecule is C=C(CNC1CCC(C)CC1)C(=O)O. The molecule has 0 aromatic carbocycles. The molecule has 2 N–H and O–H groups in total. The third-order valence-corrected chi connectivity index (χ3v) is 2.92. The van der Waals surface area contributed by atoms with E-state index in [9.17, 15) is 4.79 Å². The molecule has 3 nitrogen and oxygen atoms in total. The maximum Gasteiger partial charge on any atom is 0.332 e. The van der Waals surface area contributed by atoms with E-state index in [0.717, 1.165) is 18.8 Å². The van der Waals surface area contributed by atoms with Gasteiger partial charge in [-0.25, -0.2) is 4.79 Å². The van der Waals surface area contributed by atoms with Gasteiger partial charge in [0.15, 0.2) is 0 Å². The molecule has 0 aromatic rings. The Morgan fingerprint density at radius 2 is 2.00 bits per heavy atom. The third-order valence-electron chi connectivity index (χ3n) is 2.92. The number of hydrogen-bond donors (Lipinski definition) is 2. The van der Waals surface area contributed by atoms with E-state index in [2.05, 4.69) is 18.8 Å². The van der Waals surface area contributed by atoms with Crippen LogP contribution in [0, 0.1) is 5.92 Å². The first kappa shape index (κ1) is 11.2. The standard InChI is InChI=1S/C11H19NO2/c1-8-3-5-10(6-4-8)12-7-9(2)11(13)14/h8,10,12H,2-7H2,1H3,(H,13,14). The van der Waals surface area contributed by atoms with E-state index in [4.69, 9.17) is 5.11 Å². The number of carboxylic acids is 1. The summed E-state index contributed by atoms with van der Waals surface area (Å²) in [6, 6.07) is 0.488. The molecule has 1 aliphatic carbocycles. The van der Waals surface area contributed by atoms with Crippen LogP contribution in [0.5, 0.6) is 0 Å². The summed E-state index contributed by atoms with van der Waals surface area (Å²) < 4.78 is 0. The maximum absolute atomic E-state index is 10.5. The molecular formula is C11H19NO2. The number of aliphatic carboxylic acids is 1. The lowest BCUT2D eigenvalue weighted by molar-refractivity contribution is -0.132. The van der Waals surface area contributed by atoms with Gasteiger partial charge in [-0.05, 0) is 31.6 Å². The van der Waals surface area contributed by atoms with Crippen molar-refractivity contribution in [2.75, 3.05) is 6.54 Å². The monoisotopic (exact) mass is 197 g/mol. The van der Waals surface area contributed by atoms with Crippen LogP contribution < -0.4 is 5.32 Å². The van der Waals surface area contributed by atoms with Gasteiger partial charge >= 0.3 is 5.97 Å². The molecule has 0 aliphatic heterocycles. The zero-order valence-electron chi connectivity index (χ0n) is 8.75. The third kappa shape index (κ3) is 3.50. The Morgan fingerprint density at radius 3 is 2.50 bits per heavy atom. The predicted octanol–water partition coefficient (Wildman–Crippen LogP) is 1.80. The highest BCUT2D eigenvalue weighted by molar-refractivity contribution is 5.86. The van der Waals surface area contributed by atoms with Crippen molar-refractivity contribution in [3.63, 3.8) is 0 Å². The molecule has 0 spiro atoms. The van der Waals surface area contributed by atoms with Crippen LogP contribution in [0.2, 0.25) is 0 Å². The van der Waals surface area contributed by atoms with Crippen LogP contribution in [-0.2, 0) is 4.79 Å². The first-order chi connectivity index (χ1) is 6.59. The van der Waals surface area contributed by atoms with E-state index in [1.807, 2.05) is 0 Å². The summed E-state index contributed by atoms with van der Waals surface area (Å²) in [5.74, 6) is -0.0718. The van der Waals surface area contributed by atoms with Crippen molar-refractivity contribution in [1.82, 2.24) is 5.32 Å². The Hall–Kier alpha value is -0.830. The molecule has 0 atom stereocenters. The maximum atomic E-state index is 10.5. The van der Waals surface area contributed by atoms with Gasteiger partial charge in [-0.15, -0.1) is 0 Å². The van der Waals surface area contributed by atoms with Crippen molar-refractivity contribution in [2.45, 2.75) is 38.6 Å². The second-order valence-electron chi connectivity index (χ2n) is 4.25. The molecule has 1 aliphatic rings. The van der Waals surface area contributed by atoms with Gasteiger partial charge < -0.3 is 10.4 Å². The first-order valence-electron chi connectivity index (χ1n) is 5.24. The van der Waals surface area contributed by atoms with Crippen molar-refractivity contribution < 1.29 is 9.90 Å². The highest BCUT2D eigenvalue weighted by Gasteiger charge is 2.18. The van der Waals surface area contributed by atoms with Gasteiger partial charge in [-0.3, -0.25) is 0 Å². The topological polar surface area (TPSA) is 49.3 Å². The summed E-state index contributed by atoms with van der Waals surface area (Å²) in [5.41, 5.74) is 0.253. The molecule has 0 unspecified atom stereocenters. The molecule has 0 amide bonds. The van der Waals surface area contributed by atoms with Gasteiger partial charge in [0.2, 0.25) is 0 Å². The van der Waals surface area contributed by atoms with Crippen LogP contribution >= 0.6 is 0 Å². The van der Waals surface area contributed by atoms with E-state index < -0.39 is 5.97 Å². The van der Waals surface area contributed by atoms with Crippen LogP contribution in [0.25, 0.3) is 0 Å². The average Bonchev–Trinajstić information content (AvgIpc) is 2.16. The van der Waals surface area contributed by atoms with Gasteiger partial charge in [0, 0.05) is 18.2 Å². The molecule has 0 heterocycles. The van der Waals surface area contributed by atoms with Crippen molar-refractivity contribution >= 4 is 5.97 Å². The van der Waals surface area contributed by atoms with Gasteiger partial charge in [0.25, 0.3) is 0 Å². The molecule has 80 valence electrons. The Kier molecular flexibility index (Phi) is 4.14. The highest BCUT2D eigenvalue weighted by Crippen LogP contribution is 2.23. The molecule has 0 radical (unpaired) electrons. The van der Waals surface area contributed by atoms with E-state index >= 15 is 0 Å². The number of hydrogen-bond acceptors (Lipinski definition) is 2. The molecule has 14 heavy (non-hydrogen) atoms. The summed E-state index contributed by atoms with van der Waals surface area (Å²) in [5, 5.41) is 11.9. The minimum Gasteiger partial charge on any atom is -0.478 e. The number of carbonyl (C=O) groups is 1.